The molecule has 76 valence electrons. The lowest BCUT2D eigenvalue weighted by Crippen LogP contribution is -2.27. The molecule has 13 heavy (non-hydrogen) atoms. The van der Waals surface area contributed by atoms with Gasteiger partial charge in [0, 0.05) is 17.8 Å². The van der Waals surface area contributed by atoms with Gasteiger partial charge in [-0.15, -0.1) is 0 Å². The first-order valence-electron chi connectivity index (χ1n) is 4.92. The molecule has 0 aliphatic heterocycles. The van der Waals surface area contributed by atoms with Crippen molar-refractivity contribution in [3.8, 4) is 0 Å². The smallest absolute Gasteiger partial charge is 0.248 e. The summed E-state index contributed by atoms with van der Waals surface area (Å²) in [6.45, 7) is 6.65. The number of hydrogen-bond acceptors (Lipinski definition) is 2. The monoisotopic (exact) mass is 184 g/mol. The zero-order chi connectivity index (χ0) is 10.3. The van der Waals surface area contributed by atoms with E-state index in [2.05, 4.69) is 5.32 Å². The quantitative estimate of drug-likeness (QED) is 0.637. The van der Waals surface area contributed by atoms with Crippen molar-refractivity contribution in [1.82, 2.24) is 5.32 Å². The fraction of sp³-hybridized carbons (Fsp3) is 0.700. The molecule has 3 nitrogen and oxygen atoms in total. The minimum Gasteiger partial charge on any atom is -0.402 e. The van der Waals surface area contributed by atoms with Gasteiger partial charge < -0.3 is 11.1 Å². The van der Waals surface area contributed by atoms with Crippen LogP contribution in [0.2, 0.25) is 0 Å². The lowest BCUT2D eigenvalue weighted by molar-refractivity contribution is -0.117. The van der Waals surface area contributed by atoms with Gasteiger partial charge in [-0.25, -0.2) is 0 Å². The summed E-state index contributed by atoms with van der Waals surface area (Å²) in [6, 6.07) is 0. The van der Waals surface area contributed by atoms with Crippen molar-refractivity contribution in [2.75, 3.05) is 6.54 Å². The first-order chi connectivity index (χ1) is 6.17. The Morgan fingerprint density at radius 3 is 2.23 bits per heavy atom. The molecule has 0 heterocycles. The summed E-state index contributed by atoms with van der Waals surface area (Å²) in [4.78, 5) is 11.5. The molecule has 0 rings (SSSR count). The van der Waals surface area contributed by atoms with E-state index in [1.807, 2.05) is 20.8 Å². The lowest BCUT2D eigenvalue weighted by Gasteiger charge is -2.08. The van der Waals surface area contributed by atoms with Gasteiger partial charge in [0.15, 0.2) is 0 Å². The number of nitrogens with one attached hydrogen (secondary N) is 1. The highest BCUT2D eigenvalue weighted by atomic mass is 16.1. The molecule has 0 saturated heterocycles. The molecule has 0 saturated carbocycles. The van der Waals surface area contributed by atoms with Crippen LogP contribution < -0.4 is 11.1 Å². The Bertz CT molecular complexity index is 197. The molecule has 0 spiro atoms. The molecule has 0 aromatic heterocycles. The van der Waals surface area contributed by atoms with E-state index < -0.39 is 0 Å². The molecule has 1 amide bonds. The van der Waals surface area contributed by atoms with Crippen LogP contribution >= 0.6 is 0 Å². The van der Waals surface area contributed by atoms with Crippen molar-refractivity contribution in [2.45, 2.75) is 40.0 Å². The van der Waals surface area contributed by atoms with E-state index in [0.717, 1.165) is 25.0 Å². The third-order valence-corrected chi connectivity index (χ3v) is 1.93. The molecular weight excluding hydrogens is 164 g/mol. The van der Waals surface area contributed by atoms with Gasteiger partial charge in [0.05, 0.1) is 0 Å². The molecule has 3 heteroatoms. The number of carbonyl (C=O) groups excluding carboxylic acids is 1. The summed E-state index contributed by atoms with van der Waals surface area (Å²) >= 11 is 0. The SMILES string of the molecule is CCCNC(=O)/C(CC)=C(/N)CC. The molecule has 0 aliphatic rings. The van der Waals surface area contributed by atoms with Crippen molar-refractivity contribution in [2.24, 2.45) is 5.73 Å². The predicted molar refractivity (Wildman–Crippen MR) is 55.1 cm³/mol. The van der Waals surface area contributed by atoms with Crippen LogP contribution in [0.4, 0.5) is 0 Å². The lowest BCUT2D eigenvalue weighted by atomic mass is 10.1. The van der Waals surface area contributed by atoms with Crippen LogP contribution in [0.15, 0.2) is 11.3 Å². The first kappa shape index (κ1) is 12.0. The number of nitrogens with two attached hydrogens (primary N) is 1. The Morgan fingerprint density at radius 1 is 1.23 bits per heavy atom. The molecule has 0 unspecified atom stereocenters. The van der Waals surface area contributed by atoms with Gasteiger partial charge in [-0.3, -0.25) is 4.79 Å². The topological polar surface area (TPSA) is 55.1 Å². The maximum Gasteiger partial charge on any atom is 0.248 e. The molecule has 0 atom stereocenters. The normalized spacial score (nSPS) is 12.2. The highest BCUT2D eigenvalue weighted by Crippen LogP contribution is 2.07. The van der Waals surface area contributed by atoms with E-state index in [-0.39, 0.29) is 5.91 Å². The van der Waals surface area contributed by atoms with Crippen LogP contribution in [0.25, 0.3) is 0 Å². The Labute approximate surface area is 80.4 Å². The van der Waals surface area contributed by atoms with Crippen LogP contribution in [0.1, 0.15) is 40.0 Å². The van der Waals surface area contributed by atoms with Crippen molar-refractivity contribution < 1.29 is 4.79 Å². The first-order valence-corrected chi connectivity index (χ1v) is 4.92. The van der Waals surface area contributed by atoms with Gasteiger partial charge >= 0.3 is 0 Å². The minimum absolute atomic E-state index is 0.0105. The molecule has 0 aliphatic carbocycles. The second-order valence-corrected chi connectivity index (χ2v) is 2.97. The summed E-state index contributed by atoms with van der Waals surface area (Å²) in [7, 11) is 0. The average molecular weight is 184 g/mol. The van der Waals surface area contributed by atoms with Crippen LogP contribution in [-0.2, 0) is 4.79 Å². The number of hydrogen-bond donors (Lipinski definition) is 2. The highest BCUT2D eigenvalue weighted by molar-refractivity contribution is 5.93. The molecule has 3 N–H and O–H groups in total. The third-order valence-electron chi connectivity index (χ3n) is 1.93. The van der Waals surface area contributed by atoms with Crippen molar-refractivity contribution in [1.29, 1.82) is 0 Å². The Hall–Kier alpha value is -0.990. The second-order valence-electron chi connectivity index (χ2n) is 2.97. The summed E-state index contributed by atoms with van der Waals surface area (Å²) in [6.07, 6.45) is 2.40. The predicted octanol–water partition coefficient (Wildman–Crippen LogP) is 1.55. The summed E-state index contributed by atoms with van der Waals surface area (Å²) in [5.74, 6) is -0.0105. The van der Waals surface area contributed by atoms with Crippen LogP contribution in [0, 0.1) is 0 Å². The van der Waals surface area contributed by atoms with E-state index >= 15 is 0 Å². The van der Waals surface area contributed by atoms with Gasteiger partial charge in [-0.05, 0) is 19.3 Å². The number of amides is 1. The van der Waals surface area contributed by atoms with Gasteiger partial charge in [0.1, 0.15) is 0 Å². The van der Waals surface area contributed by atoms with Gasteiger partial charge in [0.2, 0.25) is 5.91 Å². The summed E-state index contributed by atoms with van der Waals surface area (Å²) in [5.41, 5.74) is 7.16. The second kappa shape index (κ2) is 6.52. The third kappa shape index (κ3) is 3.97. The van der Waals surface area contributed by atoms with Gasteiger partial charge in [-0.2, -0.15) is 0 Å². The van der Waals surface area contributed by atoms with E-state index in [1.165, 1.54) is 0 Å². The molecule has 0 fully saturated rings. The highest BCUT2D eigenvalue weighted by Gasteiger charge is 2.09. The van der Waals surface area contributed by atoms with E-state index in [4.69, 9.17) is 5.73 Å². The molecule has 0 radical (unpaired) electrons. The average Bonchev–Trinajstić information content (AvgIpc) is 2.15. The zero-order valence-corrected chi connectivity index (χ0v) is 8.81. The van der Waals surface area contributed by atoms with E-state index in [0.29, 0.717) is 12.1 Å². The van der Waals surface area contributed by atoms with Crippen molar-refractivity contribution >= 4 is 5.91 Å². The maximum atomic E-state index is 11.5. The summed E-state index contributed by atoms with van der Waals surface area (Å²) < 4.78 is 0. The Morgan fingerprint density at radius 2 is 1.85 bits per heavy atom. The fourth-order valence-corrected chi connectivity index (χ4v) is 1.09. The molecule has 0 bridgehead atoms. The largest absolute Gasteiger partial charge is 0.402 e. The van der Waals surface area contributed by atoms with E-state index in [1.54, 1.807) is 0 Å². The van der Waals surface area contributed by atoms with Crippen molar-refractivity contribution in [3.05, 3.63) is 11.3 Å². The number of carbonyl (C=O) groups is 1. The Balaban J connectivity index is 4.32. The van der Waals surface area contributed by atoms with Crippen molar-refractivity contribution in [3.63, 3.8) is 0 Å². The van der Waals surface area contributed by atoms with Gasteiger partial charge in [-0.1, -0.05) is 20.8 Å². The minimum atomic E-state index is -0.0105. The van der Waals surface area contributed by atoms with Gasteiger partial charge in [0.25, 0.3) is 0 Å². The summed E-state index contributed by atoms with van der Waals surface area (Å²) in [5, 5.41) is 2.82. The maximum absolute atomic E-state index is 11.5. The van der Waals surface area contributed by atoms with Crippen LogP contribution in [0.3, 0.4) is 0 Å². The number of allylic oxidation sites excluding steroid dienone is 1. The Kier molecular flexibility index (Phi) is 6.02. The molecule has 0 aromatic rings. The van der Waals surface area contributed by atoms with E-state index in [9.17, 15) is 4.79 Å². The standard InChI is InChI=1S/C10H20N2O/c1-4-7-12-10(13)8(5-2)9(11)6-3/h4-7,11H2,1-3H3,(H,12,13)/b9-8+. The zero-order valence-electron chi connectivity index (χ0n) is 8.81. The molecule has 0 aromatic carbocycles. The fourth-order valence-electron chi connectivity index (χ4n) is 1.09. The van der Waals surface area contributed by atoms with Crippen LogP contribution in [-0.4, -0.2) is 12.5 Å². The van der Waals surface area contributed by atoms with Crippen LogP contribution in [0.5, 0.6) is 0 Å². The molecular formula is C10H20N2O. The number of rotatable bonds is 5.